The molecule has 5 heteroatoms. The lowest BCUT2D eigenvalue weighted by Crippen LogP contribution is -2.11. The number of aromatic nitrogens is 1. The lowest BCUT2D eigenvalue weighted by Gasteiger charge is -2.11. The summed E-state index contributed by atoms with van der Waals surface area (Å²) >= 11 is 1.78. The third-order valence-corrected chi connectivity index (χ3v) is 4.23. The topological polar surface area (TPSA) is 71.2 Å². The van der Waals surface area contributed by atoms with Gasteiger partial charge in [-0.25, -0.2) is 10.8 Å². The Balaban J connectivity index is 2.16. The van der Waals surface area contributed by atoms with Crippen LogP contribution in [0.2, 0.25) is 0 Å². The standard InChI is InChI=1S/C14H19N3OS/c1-10(7-18)8-19-9-12-6-11-4-2-3-5-13(11)16-14(12)17-15/h2-6,10,18H,7-9,15H2,1H3,(H,16,17). The van der Waals surface area contributed by atoms with Crippen molar-refractivity contribution < 1.29 is 5.11 Å². The fraction of sp³-hybridized carbons (Fsp3) is 0.357. The summed E-state index contributed by atoms with van der Waals surface area (Å²) in [5.41, 5.74) is 4.70. The van der Waals surface area contributed by atoms with Gasteiger partial charge in [0.15, 0.2) is 0 Å². The summed E-state index contributed by atoms with van der Waals surface area (Å²) < 4.78 is 0. The monoisotopic (exact) mass is 277 g/mol. The number of nitrogen functional groups attached to an aromatic ring is 1. The van der Waals surface area contributed by atoms with E-state index in [4.69, 9.17) is 10.9 Å². The van der Waals surface area contributed by atoms with E-state index in [1.165, 1.54) is 0 Å². The molecule has 0 fully saturated rings. The fourth-order valence-corrected chi connectivity index (χ4v) is 2.88. The maximum Gasteiger partial charge on any atom is 0.144 e. The second kappa shape index (κ2) is 6.75. The molecule has 4 nitrogen and oxygen atoms in total. The van der Waals surface area contributed by atoms with E-state index < -0.39 is 0 Å². The Morgan fingerprint density at radius 3 is 2.95 bits per heavy atom. The number of fused-ring (bicyclic) bond motifs is 1. The van der Waals surface area contributed by atoms with Gasteiger partial charge in [-0.3, -0.25) is 0 Å². The molecule has 0 saturated carbocycles. The maximum atomic E-state index is 9.02. The Morgan fingerprint density at radius 2 is 2.21 bits per heavy atom. The average Bonchev–Trinajstić information content (AvgIpc) is 2.46. The van der Waals surface area contributed by atoms with E-state index in [-0.39, 0.29) is 6.61 Å². The van der Waals surface area contributed by atoms with Crippen LogP contribution in [0, 0.1) is 5.92 Å². The first-order valence-corrected chi connectivity index (χ1v) is 7.44. The molecule has 4 N–H and O–H groups in total. The maximum absolute atomic E-state index is 9.02. The van der Waals surface area contributed by atoms with Gasteiger partial charge in [-0.05, 0) is 23.8 Å². The SMILES string of the molecule is CC(CO)CSCc1cc2ccccc2nc1NN. The second-order valence-electron chi connectivity index (χ2n) is 4.64. The average molecular weight is 277 g/mol. The van der Waals surface area contributed by atoms with Crippen LogP contribution in [0.15, 0.2) is 30.3 Å². The minimum Gasteiger partial charge on any atom is -0.396 e. The van der Waals surface area contributed by atoms with Crippen LogP contribution in [-0.4, -0.2) is 22.5 Å². The van der Waals surface area contributed by atoms with E-state index >= 15 is 0 Å². The smallest absolute Gasteiger partial charge is 0.144 e. The van der Waals surface area contributed by atoms with Crippen LogP contribution in [0.3, 0.4) is 0 Å². The molecule has 0 amide bonds. The van der Waals surface area contributed by atoms with Crippen LogP contribution >= 0.6 is 11.8 Å². The van der Waals surface area contributed by atoms with Gasteiger partial charge in [-0.2, -0.15) is 11.8 Å². The zero-order chi connectivity index (χ0) is 13.7. The lowest BCUT2D eigenvalue weighted by molar-refractivity contribution is 0.250. The van der Waals surface area contributed by atoms with Gasteiger partial charge in [-0.15, -0.1) is 0 Å². The number of para-hydroxylation sites is 1. The van der Waals surface area contributed by atoms with Crippen molar-refractivity contribution in [3.63, 3.8) is 0 Å². The molecule has 0 saturated heterocycles. The van der Waals surface area contributed by atoms with Crippen molar-refractivity contribution in [2.75, 3.05) is 17.8 Å². The number of nitrogens with one attached hydrogen (secondary N) is 1. The quantitative estimate of drug-likeness (QED) is 0.558. The summed E-state index contributed by atoms with van der Waals surface area (Å²) in [6.45, 7) is 2.26. The number of nitrogens with two attached hydrogens (primary N) is 1. The Morgan fingerprint density at radius 1 is 1.42 bits per heavy atom. The van der Waals surface area contributed by atoms with Gasteiger partial charge >= 0.3 is 0 Å². The molecule has 0 aliphatic rings. The molecule has 1 aromatic heterocycles. The number of anilines is 1. The minimum absolute atomic E-state index is 0.227. The van der Waals surface area contributed by atoms with Crippen molar-refractivity contribution in [3.05, 3.63) is 35.9 Å². The first-order chi connectivity index (χ1) is 9.24. The normalized spacial score (nSPS) is 12.6. The fourth-order valence-electron chi connectivity index (χ4n) is 1.82. The summed E-state index contributed by atoms with van der Waals surface area (Å²) in [6, 6.07) is 10.1. The summed E-state index contributed by atoms with van der Waals surface area (Å²) in [5, 5.41) is 10.1. The molecule has 0 aliphatic heterocycles. The summed E-state index contributed by atoms with van der Waals surface area (Å²) in [4.78, 5) is 4.51. The molecular weight excluding hydrogens is 258 g/mol. The summed E-state index contributed by atoms with van der Waals surface area (Å²) in [6.07, 6.45) is 0. The van der Waals surface area contributed by atoms with Crippen LogP contribution in [0.5, 0.6) is 0 Å². The summed E-state index contributed by atoms with van der Waals surface area (Å²) in [5.74, 6) is 8.33. The molecule has 1 atom stereocenters. The first kappa shape index (κ1) is 14.1. The molecule has 1 heterocycles. The second-order valence-corrected chi connectivity index (χ2v) is 5.67. The molecule has 19 heavy (non-hydrogen) atoms. The van der Waals surface area contributed by atoms with Gasteiger partial charge in [0.05, 0.1) is 5.52 Å². The third kappa shape index (κ3) is 3.59. The number of pyridine rings is 1. The Labute approximate surface area is 117 Å². The molecule has 2 aromatic rings. The van der Waals surface area contributed by atoms with Gasteiger partial charge in [0.1, 0.15) is 5.82 Å². The van der Waals surface area contributed by atoms with Gasteiger partial charge in [0, 0.05) is 23.3 Å². The highest BCUT2D eigenvalue weighted by molar-refractivity contribution is 7.98. The molecule has 1 unspecified atom stereocenters. The molecule has 0 radical (unpaired) electrons. The van der Waals surface area contributed by atoms with Gasteiger partial charge in [-0.1, -0.05) is 25.1 Å². The number of hydrogen-bond donors (Lipinski definition) is 3. The Hall–Kier alpha value is -1.30. The Bertz CT molecular complexity index is 547. The van der Waals surface area contributed by atoms with Crippen molar-refractivity contribution in [3.8, 4) is 0 Å². The highest BCUT2D eigenvalue weighted by Gasteiger charge is 2.07. The lowest BCUT2D eigenvalue weighted by atomic mass is 10.1. The Kier molecular flexibility index (Phi) is 5.01. The van der Waals surface area contributed by atoms with E-state index in [1.807, 2.05) is 31.2 Å². The van der Waals surface area contributed by atoms with Crippen LogP contribution in [0.4, 0.5) is 5.82 Å². The van der Waals surface area contributed by atoms with Crippen molar-refractivity contribution in [2.24, 2.45) is 11.8 Å². The van der Waals surface area contributed by atoms with Crippen LogP contribution in [-0.2, 0) is 5.75 Å². The van der Waals surface area contributed by atoms with E-state index in [2.05, 4.69) is 16.5 Å². The van der Waals surface area contributed by atoms with Crippen molar-refractivity contribution >= 4 is 28.5 Å². The predicted octanol–water partition coefficient (Wildman–Crippen LogP) is 2.38. The third-order valence-electron chi connectivity index (χ3n) is 2.91. The van der Waals surface area contributed by atoms with Crippen molar-refractivity contribution in [1.29, 1.82) is 0 Å². The molecule has 102 valence electrons. The highest BCUT2D eigenvalue weighted by atomic mass is 32.2. The predicted molar refractivity (Wildman–Crippen MR) is 82.0 cm³/mol. The number of aliphatic hydroxyl groups is 1. The largest absolute Gasteiger partial charge is 0.396 e. The number of rotatable bonds is 6. The number of thioether (sulfide) groups is 1. The number of nitrogens with zero attached hydrogens (tertiary/aromatic N) is 1. The van der Waals surface area contributed by atoms with E-state index in [0.717, 1.165) is 33.8 Å². The molecule has 0 aliphatic carbocycles. The minimum atomic E-state index is 0.227. The number of benzene rings is 1. The number of hydrazine groups is 1. The van der Waals surface area contributed by atoms with E-state index in [1.54, 1.807) is 11.8 Å². The molecular formula is C14H19N3OS. The van der Waals surface area contributed by atoms with Crippen LogP contribution in [0.25, 0.3) is 10.9 Å². The van der Waals surface area contributed by atoms with Crippen molar-refractivity contribution in [2.45, 2.75) is 12.7 Å². The number of hydrogen-bond acceptors (Lipinski definition) is 5. The van der Waals surface area contributed by atoms with Crippen LogP contribution < -0.4 is 11.3 Å². The molecule has 0 bridgehead atoms. The van der Waals surface area contributed by atoms with Gasteiger partial charge in [0.2, 0.25) is 0 Å². The van der Waals surface area contributed by atoms with Crippen LogP contribution in [0.1, 0.15) is 12.5 Å². The zero-order valence-corrected chi connectivity index (χ0v) is 11.8. The zero-order valence-electron chi connectivity index (χ0n) is 11.0. The van der Waals surface area contributed by atoms with Crippen molar-refractivity contribution in [1.82, 2.24) is 4.98 Å². The summed E-state index contributed by atoms with van der Waals surface area (Å²) in [7, 11) is 0. The molecule has 2 rings (SSSR count). The highest BCUT2D eigenvalue weighted by Crippen LogP contribution is 2.24. The first-order valence-electron chi connectivity index (χ1n) is 6.28. The van der Waals surface area contributed by atoms with E-state index in [9.17, 15) is 0 Å². The number of aliphatic hydroxyl groups excluding tert-OH is 1. The molecule has 1 aromatic carbocycles. The van der Waals surface area contributed by atoms with E-state index in [0.29, 0.717) is 5.92 Å². The van der Waals surface area contributed by atoms with Gasteiger partial charge < -0.3 is 10.5 Å². The molecule has 0 spiro atoms. The van der Waals surface area contributed by atoms with Gasteiger partial charge in [0.25, 0.3) is 0 Å².